The number of aryl methyl sites for hydroxylation is 1. The first-order chi connectivity index (χ1) is 25.8. The molecule has 0 heterocycles. The second kappa shape index (κ2) is 14.1. The Morgan fingerprint density at radius 1 is 0.481 bits per heavy atom. The van der Waals surface area contributed by atoms with Crippen molar-refractivity contribution < 1.29 is 0 Å². The van der Waals surface area contributed by atoms with Crippen LogP contribution in [0.4, 0.5) is 28.4 Å². The predicted octanol–water partition coefficient (Wildman–Crippen LogP) is 13.5. The summed E-state index contributed by atoms with van der Waals surface area (Å²) in [7, 11) is 0. The smallest absolute Gasteiger partial charge is 0.0560 e. The van der Waals surface area contributed by atoms with Crippen LogP contribution in [-0.2, 0) is 6.42 Å². The molecule has 2 aliphatic carbocycles. The Kier molecular flexibility index (Phi) is 8.56. The number of hydrogen-bond donors (Lipinski definition) is 0. The molecule has 0 aromatic heterocycles. The van der Waals surface area contributed by atoms with Gasteiger partial charge in [0, 0.05) is 33.7 Å². The van der Waals surface area contributed by atoms with Crippen LogP contribution >= 0.6 is 0 Å². The Morgan fingerprint density at radius 3 is 1.85 bits per heavy atom. The number of para-hydroxylation sites is 2. The topological polar surface area (TPSA) is 6.48 Å². The quantitative estimate of drug-likeness (QED) is 0.159. The molecule has 0 aliphatic heterocycles. The highest BCUT2D eigenvalue weighted by atomic mass is 15.2. The SMILES string of the molecule is C1=Cc2c(cccc2N(c2ccccc2)C2C=CC(c3ccc(-c4ccc(N(c5ccccc5)c5cccc6ccccc56)cc4)cc3)=CC2)CC1. The fraction of sp³-hybridized carbons (Fsp3) is 0.0800. The van der Waals surface area contributed by atoms with Crippen molar-refractivity contribution in [2.75, 3.05) is 9.80 Å². The summed E-state index contributed by atoms with van der Waals surface area (Å²) in [5.74, 6) is 0. The van der Waals surface area contributed by atoms with Crippen LogP contribution in [0.3, 0.4) is 0 Å². The van der Waals surface area contributed by atoms with E-state index in [-0.39, 0.29) is 6.04 Å². The second-order valence-electron chi connectivity index (χ2n) is 13.6. The summed E-state index contributed by atoms with van der Waals surface area (Å²) in [6.07, 6.45) is 14.9. The number of allylic oxidation sites excluding steroid dienone is 3. The number of anilines is 5. The number of nitrogens with zero attached hydrogens (tertiary/aromatic N) is 2. The lowest BCUT2D eigenvalue weighted by molar-refractivity contribution is 0.785. The third-order valence-corrected chi connectivity index (χ3v) is 10.4. The molecule has 0 spiro atoms. The van der Waals surface area contributed by atoms with Gasteiger partial charge in [-0.25, -0.2) is 0 Å². The maximum Gasteiger partial charge on any atom is 0.0560 e. The van der Waals surface area contributed by atoms with Crippen LogP contribution in [0.2, 0.25) is 0 Å². The molecule has 0 radical (unpaired) electrons. The summed E-state index contributed by atoms with van der Waals surface area (Å²) in [6, 6.07) is 61.6. The van der Waals surface area contributed by atoms with Gasteiger partial charge >= 0.3 is 0 Å². The molecule has 0 saturated heterocycles. The zero-order chi connectivity index (χ0) is 34.7. The molecule has 250 valence electrons. The summed E-state index contributed by atoms with van der Waals surface area (Å²) in [5.41, 5.74) is 13.7. The van der Waals surface area contributed by atoms with Crippen molar-refractivity contribution >= 4 is 50.9 Å². The first kappa shape index (κ1) is 31.6. The molecule has 1 unspecified atom stereocenters. The van der Waals surface area contributed by atoms with E-state index in [1.807, 2.05) is 0 Å². The molecule has 2 heteroatoms. The van der Waals surface area contributed by atoms with Gasteiger partial charge in [-0.1, -0.05) is 152 Å². The third kappa shape index (κ3) is 6.14. The van der Waals surface area contributed by atoms with Crippen molar-refractivity contribution in [2.45, 2.75) is 25.3 Å². The molecule has 9 rings (SSSR count). The lowest BCUT2D eigenvalue weighted by Gasteiger charge is -2.35. The van der Waals surface area contributed by atoms with E-state index in [2.05, 4.69) is 210 Å². The van der Waals surface area contributed by atoms with E-state index < -0.39 is 0 Å². The number of fused-ring (bicyclic) bond motifs is 2. The average molecular weight is 669 g/mol. The molecule has 0 N–H and O–H groups in total. The Labute approximate surface area is 306 Å². The van der Waals surface area contributed by atoms with Crippen molar-refractivity contribution in [3.8, 4) is 11.1 Å². The molecule has 0 bridgehead atoms. The summed E-state index contributed by atoms with van der Waals surface area (Å²) in [5, 5.41) is 2.46. The molecule has 0 amide bonds. The summed E-state index contributed by atoms with van der Waals surface area (Å²) < 4.78 is 0. The number of rotatable bonds is 8. The molecular formula is C50H40N2. The lowest BCUT2D eigenvalue weighted by atomic mass is 9.92. The van der Waals surface area contributed by atoms with Gasteiger partial charge < -0.3 is 9.80 Å². The summed E-state index contributed by atoms with van der Waals surface area (Å²) in [4.78, 5) is 4.87. The first-order valence-corrected chi connectivity index (χ1v) is 18.4. The Bertz CT molecular complexity index is 2420. The largest absolute Gasteiger partial charge is 0.334 e. The maximum absolute atomic E-state index is 2.52. The van der Waals surface area contributed by atoms with Gasteiger partial charge in [0.25, 0.3) is 0 Å². The van der Waals surface area contributed by atoms with E-state index in [4.69, 9.17) is 0 Å². The zero-order valence-corrected chi connectivity index (χ0v) is 29.1. The molecule has 52 heavy (non-hydrogen) atoms. The summed E-state index contributed by atoms with van der Waals surface area (Å²) >= 11 is 0. The molecular weight excluding hydrogens is 629 g/mol. The van der Waals surface area contributed by atoms with E-state index in [9.17, 15) is 0 Å². The van der Waals surface area contributed by atoms with E-state index in [1.165, 1.54) is 61.2 Å². The van der Waals surface area contributed by atoms with Crippen LogP contribution in [0.15, 0.2) is 194 Å². The Hall–Kier alpha value is -6.38. The van der Waals surface area contributed by atoms with Gasteiger partial charge in [0.1, 0.15) is 0 Å². The van der Waals surface area contributed by atoms with Crippen LogP contribution in [0.5, 0.6) is 0 Å². The minimum Gasteiger partial charge on any atom is -0.334 e. The zero-order valence-electron chi connectivity index (χ0n) is 29.1. The maximum atomic E-state index is 2.52. The molecule has 1 atom stereocenters. The molecule has 7 aromatic rings. The number of benzene rings is 7. The fourth-order valence-corrected chi connectivity index (χ4v) is 7.84. The van der Waals surface area contributed by atoms with E-state index in [0.717, 1.165) is 30.6 Å². The van der Waals surface area contributed by atoms with Gasteiger partial charge in [0.05, 0.1) is 11.7 Å². The predicted molar refractivity (Wildman–Crippen MR) is 222 cm³/mol. The fourth-order valence-electron chi connectivity index (χ4n) is 7.84. The van der Waals surface area contributed by atoms with Gasteiger partial charge in [-0.2, -0.15) is 0 Å². The normalized spacial score (nSPS) is 14.8. The highest BCUT2D eigenvalue weighted by Gasteiger charge is 2.24. The van der Waals surface area contributed by atoms with Gasteiger partial charge in [-0.05, 0) is 101 Å². The van der Waals surface area contributed by atoms with E-state index >= 15 is 0 Å². The van der Waals surface area contributed by atoms with Gasteiger partial charge in [-0.3, -0.25) is 0 Å². The average Bonchev–Trinajstić information content (AvgIpc) is 3.23. The van der Waals surface area contributed by atoms with Crippen molar-refractivity contribution in [3.63, 3.8) is 0 Å². The highest BCUT2D eigenvalue weighted by Crippen LogP contribution is 2.41. The molecule has 0 saturated carbocycles. The highest BCUT2D eigenvalue weighted by molar-refractivity contribution is 5.99. The third-order valence-electron chi connectivity index (χ3n) is 10.4. The van der Waals surface area contributed by atoms with Crippen molar-refractivity contribution in [2.24, 2.45) is 0 Å². The lowest BCUT2D eigenvalue weighted by Crippen LogP contribution is -2.31. The van der Waals surface area contributed by atoms with Crippen LogP contribution in [0.25, 0.3) is 33.5 Å². The Balaban J connectivity index is 0.963. The molecule has 2 aliphatic rings. The molecule has 7 aromatic carbocycles. The monoisotopic (exact) mass is 668 g/mol. The summed E-state index contributed by atoms with van der Waals surface area (Å²) in [6.45, 7) is 0. The van der Waals surface area contributed by atoms with Crippen molar-refractivity contribution in [3.05, 3.63) is 211 Å². The minimum absolute atomic E-state index is 0.232. The second-order valence-corrected chi connectivity index (χ2v) is 13.6. The van der Waals surface area contributed by atoms with Crippen LogP contribution in [0.1, 0.15) is 29.5 Å². The molecule has 2 nitrogen and oxygen atoms in total. The number of hydrogen-bond acceptors (Lipinski definition) is 2. The van der Waals surface area contributed by atoms with E-state index in [0.29, 0.717) is 0 Å². The van der Waals surface area contributed by atoms with Crippen LogP contribution in [0, 0.1) is 0 Å². The van der Waals surface area contributed by atoms with E-state index in [1.54, 1.807) is 0 Å². The van der Waals surface area contributed by atoms with Crippen LogP contribution in [-0.4, -0.2) is 6.04 Å². The van der Waals surface area contributed by atoms with Crippen LogP contribution < -0.4 is 9.80 Å². The van der Waals surface area contributed by atoms with Gasteiger partial charge in [-0.15, -0.1) is 0 Å². The first-order valence-electron chi connectivity index (χ1n) is 18.4. The van der Waals surface area contributed by atoms with Gasteiger partial charge in [0.2, 0.25) is 0 Å². The van der Waals surface area contributed by atoms with Crippen molar-refractivity contribution in [1.29, 1.82) is 0 Å². The standard InChI is InChI=1S/C50H40N2/c1-3-17-43(18-4-1)51(49-23-11-15-41-13-7-9-21-47(41)49)45-33-29-39(30-34-45)37-25-27-38(28-26-37)40-31-35-46(36-32-40)52(44-19-5-2-6-20-44)50-24-12-16-42-14-8-10-22-48(42)50/h1-7,9-13,15-35,46H,8,14,36H2. The minimum atomic E-state index is 0.232. The van der Waals surface area contributed by atoms with Crippen molar-refractivity contribution in [1.82, 2.24) is 0 Å². The van der Waals surface area contributed by atoms with Gasteiger partial charge in [0.15, 0.2) is 0 Å². The Morgan fingerprint density at radius 2 is 1.10 bits per heavy atom. The molecule has 0 fully saturated rings.